The van der Waals surface area contributed by atoms with E-state index in [0.717, 1.165) is 32.5 Å². The van der Waals surface area contributed by atoms with Gasteiger partial charge in [-0.05, 0) is 50.3 Å². The average Bonchev–Trinajstić information content (AvgIpc) is 2.86. The van der Waals surface area contributed by atoms with Crippen LogP contribution in [0.4, 0.5) is 0 Å². The van der Waals surface area contributed by atoms with Crippen LogP contribution in [-0.4, -0.2) is 41.8 Å². The number of rotatable bonds is 4. The van der Waals surface area contributed by atoms with Gasteiger partial charge in [0.25, 0.3) is 0 Å². The SMILES string of the molecule is CC(O)CC1CCCN1CC1OCCc2ccccc21. The van der Waals surface area contributed by atoms with Gasteiger partial charge in [0.15, 0.2) is 0 Å². The van der Waals surface area contributed by atoms with E-state index in [1.54, 1.807) is 0 Å². The highest BCUT2D eigenvalue weighted by Gasteiger charge is 2.30. The van der Waals surface area contributed by atoms with Gasteiger partial charge < -0.3 is 9.84 Å². The summed E-state index contributed by atoms with van der Waals surface area (Å²) in [5.74, 6) is 0. The maximum atomic E-state index is 9.64. The highest BCUT2D eigenvalue weighted by molar-refractivity contribution is 5.31. The van der Waals surface area contributed by atoms with E-state index < -0.39 is 0 Å². The molecule has 20 heavy (non-hydrogen) atoms. The van der Waals surface area contributed by atoms with Gasteiger partial charge in [-0.25, -0.2) is 0 Å². The van der Waals surface area contributed by atoms with Crippen molar-refractivity contribution < 1.29 is 9.84 Å². The molecule has 2 aliphatic rings. The first-order chi connectivity index (χ1) is 9.74. The Hall–Kier alpha value is -0.900. The molecule has 2 aliphatic heterocycles. The highest BCUT2D eigenvalue weighted by Crippen LogP contribution is 2.31. The molecule has 0 amide bonds. The third-order valence-corrected chi connectivity index (χ3v) is 4.61. The minimum Gasteiger partial charge on any atom is -0.393 e. The predicted molar refractivity (Wildman–Crippen MR) is 79.7 cm³/mol. The van der Waals surface area contributed by atoms with Crippen molar-refractivity contribution >= 4 is 0 Å². The third kappa shape index (κ3) is 3.05. The monoisotopic (exact) mass is 275 g/mol. The predicted octanol–water partition coefficient (Wildman–Crippen LogP) is 2.54. The highest BCUT2D eigenvalue weighted by atomic mass is 16.5. The first kappa shape index (κ1) is 14.1. The second kappa shape index (κ2) is 6.25. The number of ether oxygens (including phenoxy) is 1. The van der Waals surface area contributed by atoms with E-state index in [4.69, 9.17) is 4.74 Å². The number of nitrogens with zero attached hydrogens (tertiary/aromatic N) is 1. The molecule has 0 saturated carbocycles. The summed E-state index contributed by atoms with van der Waals surface area (Å²) >= 11 is 0. The van der Waals surface area contributed by atoms with Gasteiger partial charge in [0.1, 0.15) is 0 Å². The fraction of sp³-hybridized carbons (Fsp3) is 0.647. The van der Waals surface area contributed by atoms with Gasteiger partial charge in [-0.3, -0.25) is 4.90 Å². The van der Waals surface area contributed by atoms with Crippen LogP contribution in [0.3, 0.4) is 0 Å². The van der Waals surface area contributed by atoms with Gasteiger partial charge in [0.2, 0.25) is 0 Å². The van der Waals surface area contributed by atoms with Gasteiger partial charge >= 0.3 is 0 Å². The Bertz CT molecular complexity index is 446. The first-order valence-electron chi connectivity index (χ1n) is 7.85. The summed E-state index contributed by atoms with van der Waals surface area (Å²) in [6.07, 6.45) is 4.36. The molecule has 3 unspecified atom stereocenters. The number of aliphatic hydroxyl groups is 1. The zero-order valence-corrected chi connectivity index (χ0v) is 12.3. The van der Waals surface area contributed by atoms with E-state index in [1.165, 1.54) is 24.0 Å². The Balaban J connectivity index is 1.69. The topological polar surface area (TPSA) is 32.7 Å². The van der Waals surface area contributed by atoms with E-state index in [-0.39, 0.29) is 12.2 Å². The number of hydrogen-bond acceptors (Lipinski definition) is 3. The van der Waals surface area contributed by atoms with Gasteiger partial charge in [0, 0.05) is 12.6 Å². The summed E-state index contributed by atoms with van der Waals surface area (Å²) < 4.78 is 6.02. The van der Waals surface area contributed by atoms with Crippen LogP contribution in [0, 0.1) is 0 Å². The second-order valence-corrected chi connectivity index (χ2v) is 6.18. The van der Waals surface area contributed by atoms with Crippen LogP contribution in [0.1, 0.15) is 43.4 Å². The molecule has 0 radical (unpaired) electrons. The minimum atomic E-state index is -0.208. The van der Waals surface area contributed by atoms with Crippen LogP contribution in [0.2, 0.25) is 0 Å². The van der Waals surface area contributed by atoms with E-state index in [9.17, 15) is 5.11 Å². The van der Waals surface area contributed by atoms with Crippen LogP contribution >= 0.6 is 0 Å². The molecule has 0 aliphatic carbocycles. The Morgan fingerprint density at radius 2 is 2.25 bits per heavy atom. The molecule has 3 atom stereocenters. The standard InChI is InChI=1S/C17H25NO2/c1-13(19)11-15-6-4-9-18(15)12-17-16-7-3-2-5-14(16)8-10-20-17/h2-3,5,7,13,15,17,19H,4,6,8-12H2,1H3. The van der Waals surface area contributed by atoms with E-state index in [1.807, 2.05) is 6.92 Å². The quantitative estimate of drug-likeness (QED) is 0.916. The largest absolute Gasteiger partial charge is 0.393 e. The zero-order chi connectivity index (χ0) is 13.9. The molecular weight excluding hydrogens is 250 g/mol. The number of likely N-dealkylation sites (tertiary alicyclic amines) is 1. The van der Waals surface area contributed by atoms with Crippen molar-refractivity contribution in [1.29, 1.82) is 0 Å². The molecule has 1 aromatic rings. The van der Waals surface area contributed by atoms with Gasteiger partial charge in [0.05, 0.1) is 18.8 Å². The van der Waals surface area contributed by atoms with E-state index in [2.05, 4.69) is 29.2 Å². The molecule has 2 heterocycles. The maximum absolute atomic E-state index is 9.64. The number of benzene rings is 1. The molecular formula is C17H25NO2. The van der Waals surface area contributed by atoms with Crippen LogP contribution in [0.25, 0.3) is 0 Å². The summed E-state index contributed by atoms with van der Waals surface area (Å²) in [6, 6.07) is 9.18. The van der Waals surface area contributed by atoms with Crippen LogP contribution in [-0.2, 0) is 11.2 Å². The summed E-state index contributed by atoms with van der Waals surface area (Å²) in [5.41, 5.74) is 2.80. The average molecular weight is 275 g/mol. The third-order valence-electron chi connectivity index (χ3n) is 4.61. The van der Waals surface area contributed by atoms with Crippen LogP contribution < -0.4 is 0 Å². The molecule has 1 N–H and O–H groups in total. The number of fused-ring (bicyclic) bond motifs is 1. The Morgan fingerprint density at radius 3 is 3.10 bits per heavy atom. The van der Waals surface area contributed by atoms with Crippen LogP contribution in [0.5, 0.6) is 0 Å². The number of aliphatic hydroxyl groups excluding tert-OH is 1. The van der Waals surface area contributed by atoms with Crippen molar-refractivity contribution in [3.63, 3.8) is 0 Å². The van der Waals surface area contributed by atoms with Crippen molar-refractivity contribution in [3.05, 3.63) is 35.4 Å². The lowest BCUT2D eigenvalue weighted by Crippen LogP contribution is -2.37. The molecule has 3 rings (SSSR count). The van der Waals surface area contributed by atoms with E-state index >= 15 is 0 Å². The molecule has 110 valence electrons. The summed E-state index contributed by atoms with van der Waals surface area (Å²) in [4.78, 5) is 2.51. The van der Waals surface area contributed by atoms with Crippen molar-refractivity contribution in [1.82, 2.24) is 4.90 Å². The molecule has 3 heteroatoms. The van der Waals surface area contributed by atoms with Crippen molar-refractivity contribution in [2.75, 3.05) is 19.7 Å². The maximum Gasteiger partial charge on any atom is 0.0954 e. The molecule has 3 nitrogen and oxygen atoms in total. The van der Waals surface area contributed by atoms with Crippen molar-refractivity contribution in [3.8, 4) is 0 Å². The van der Waals surface area contributed by atoms with Gasteiger partial charge in [-0.2, -0.15) is 0 Å². The summed E-state index contributed by atoms with van der Waals surface area (Å²) in [5, 5.41) is 9.64. The Labute approximate surface area is 121 Å². The van der Waals surface area contributed by atoms with Crippen LogP contribution in [0.15, 0.2) is 24.3 Å². The second-order valence-electron chi connectivity index (χ2n) is 6.18. The minimum absolute atomic E-state index is 0.203. The molecule has 1 aromatic carbocycles. The van der Waals surface area contributed by atoms with E-state index in [0.29, 0.717) is 6.04 Å². The Morgan fingerprint density at radius 1 is 1.40 bits per heavy atom. The van der Waals surface area contributed by atoms with Gasteiger partial charge in [-0.15, -0.1) is 0 Å². The van der Waals surface area contributed by atoms with Gasteiger partial charge in [-0.1, -0.05) is 24.3 Å². The summed E-state index contributed by atoms with van der Waals surface area (Å²) in [6.45, 7) is 4.83. The fourth-order valence-corrected chi connectivity index (χ4v) is 3.64. The lowest BCUT2D eigenvalue weighted by Gasteiger charge is -2.32. The smallest absolute Gasteiger partial charge is 0.0954 e. The lowest BCUT2D eigenvalue weighted by molar-refractivity contribution is 0.00874. The summed E-state index contributed by atoms with van der Waals surface area (Å²) in [7, 11) is 0. The fourth-order valence-electron chi connectivity index (χ4n) is 3.64. The first-order valence-corrected chi connectivity index (χ1v) is 7.85. The lowest BCUT2D eigenvalue weighted by atomic mass is 9.97. The van der Waals surface area contributed by atoms with Crippen molar-refractivity contribution in [2.24, 2.45) is 0 Å². The van der Waals surface area contributed by atoms with Crippen molar-refractivity contribution in [2.45, 2.75) is 50.9 Å². The molecule has 0 bridgehead atoms. The molecule has 0 spiro atoms. The number of hydrogen-bond donors (Lipinski definition) is 1. The molecule has 1 fully saturated rings. The molecule has 0 aromatic heterocycles. The zero-order valence-electron chi connectivity index (χ0n) is 12.3. The Kier molecular flexibility index (Phi) is 4.39. The molecule has 1 saturated heterocycles. The normalized spacial score (nSPS) is 28.3.